The van der Waals surface area contributed by atoms with Crippen LogP contribution in [0.1, 0.15) is 5.56 Å². The van der Waals surface area contributed by atoms with Crippen LogP contribution in [0.3, 0.4) is 0 Å². The Morgan fingerprint density at radius 2 is 2.06 bits per heavy atom. The van der Waals surface area contributed by atoms with E-state index < -0.39 is 10.3 Å². The van der Waals surface area contributed by atoms with Gasteiger partial charge in [-0.25, -0.2) is 0 Å². The maximum atomic E-state index is 9.99. The largest absolute Gasteiger partial charge is 0.349 e. The molecule has 16 heavy (non-hydrogen) atoms. The van der Waals surface area contributed by atoms with Gasteiger partial charge in [-0.15, -0.1) is 10.3 Å². The van der Waals surface area contributed by atoms with Gasteiger partial charge in [0.25, 0.3) is 0 Å². The SMILES string of the molecule is CS(C)(O)c1cc2cc(CCN)ccc2[nH]1. The number of rotatable bonds is 3. The number of H-pyrrole nitrogens is 1. The van der Waals surface area contributed by atoms with Crippen molar-refractivity contribution in [2.45, 2.75) is 11.4 Å². The van der Waals surface area contributed by atoms with E-state index in [0.717, 1.165) is 22.3 Å². The molecular formula is C12H18N2OS. The van der Waals surface area contributed by atoms with E-state index in [-0.39, 0.29) is 0 Å². The molecule has 0 fully saturated rings. The predicted molar refractivity (Wildman–Crippen MR) is 71.4 cm³/mol. The third kappa shape index (κ3) is 2.24. The summed E-state index contributed by atoms with van der Waals surface area (Å²) in [5, 5.41) is 2.07. The summed E-state index contributed by atoms with van der Waals surface area (Å²) in [7, 11) is -1.67. The van der Waals surface area contributed by atoms with Crippen LogP contribution in [0.15, 0.2) is 29.3 Å². The topological polar surface area (TPSA) is 62.0 Å². The van der Waals surface area contributed by atoms with Gasteiger partial charge in [0.1, 0.15) is 0 Å². The molecule has 88 valence electrons. The lowest BCUT2D eigenvalue weighted by Gasteiger charge is -2.20. The molecule has 1 heterocycles. The summed E-state index contributed by atoms with van der Waals surface area (Å²) in [4.78, 5) is 3.26. The van der Waals surface area contributed by atoms with Crippen molar-refractivity contribution in [2.24, 2.45) is 5.73 Å². The third-order valence-corrected chi connectivity index (χ3v) is 3.93. The number of hydrogen-bond acceptors (Lipinski definition) is 2. The van der Waals surface area contributed by atoms with Crippen molar-refractivity contribution in [3.63, 3.8) is 0 Å². The number of fused-ring (bicyclic) bond motifs is 1. The van der Waals surface area contributed by atoms with E-state index in [4.69, 9.17) is 5.73 Å². The lowest BCUT2D eigenvalue weighted by atomic mass is 10.1. The Labute approximate surface area is 97.2 Å². The van der Waals surface area contributed by atoms with Gasteiger partial charge in [-0.05, 0) is 49.2 Å². The summed E-state index contributed by atoms with van der Waals surface area (Å²) in [6, 6.07) is 8.29. The maximum Gasteiger partial charge on any atom is 0.0777 e. The van der Waals surface area contributed by atoms with E-state index >= 15 is 0 Å². The van der Waals surface area contributed by atoms with Crippen LogP contribution in [-0.2, 0) is 6.42 Å². The fourth-order valence-corrected chi connectivity index (χ4v) is 2.52. The Hall–Kier alpha value is -0.970. The monoisotopic (exact) mass is 238 g/mol. The Morgan fingerprint density at radius 3 is 2.69 bits per heavy atom. The summed E-state index contributed by atoms with van der Waals surface area (Å²) in [6.07, 6.45) is 4.61. The number of aromatic nitrogens is 1. The molecule has 3 nitrogen and oxygen atoms in total. The molecule has 0 bridgehead atoms. The molecule has 0 spiro atoms. The van der Waals surface area contributed by atoms with Crippen molar-refractivity contribution in [2.75, 3.05) is 19.1 Å². The Balaban J connectivity index is 2.46. The highest BCUT2D eigenvalue weighted by molar-refractivity contribution is 8.28. The quantitative estimate of drug-likeness (QED) is 0.769. The Morgan fingerprint density at radius 1 is 1.31 bits per heavy atom. The van der Waals surface area contributed by atoms with Crippen molar-refractivity contribution in [3.8, 4) is 0 Å². The molecule has 0 saturated carbocycles. The first-order chi connectivity index (χ1) is 7.50. The minimum Gasteiger partial charge on any atom is -0.349 e. The standard InChI is InChI=1S/C12H18N2OS/c1-16(2,15)12-8-10-7-9(5-6-13)3-4-11(10)14-12/h3-4,7-8,14-15H,5-6,13H2,1-2H3. The van der Waals surface area contributed by atoms with Gasteiger partial charge in [0.15, 0.2) is 0 Å². The summed E-state index contributed by atoms with van der Waals surface area (Å²) >= 11 is 0. The molecule has 0 unspecified atom stereocenters. The molecule has 4 N–H and O–H groups in total. The van der Waals surface area contributed by atoms with Gasteiger partial charge in [0.2, 0.25) is 0 Å². The van der Waals surface area contributed by atoms with Gasteiger partial charge in [-0.2, -0.15) is 0 Å². The van der Waals surface area contributed by atoms with E-state index in [1.807, 2.05) is 18.6 Å². The zero-order valence-electron chi connectivity index (χ0n) is 9.66. The highest BCUT2D eigenvalue weighted by atomic mass is 32.3. The van der Waals surface area contributed by atoms with Crippen LogP contribution >= 0.6 is 10.3 Å². The molecule has 0 aliphatic carbocycles. The summed E-state index contributed by atoms with van der Waals surface area (Å²) in [6.45, 7) is 0.666. The second kappa shape index (κ2) is 4.13. The van der Waals surface area contributed by atoms with Crippen molar-refractivity contribution in [1.29, 1.82) is 0 Å². The summed E-state index contributed by atoms with van der Waals surface area (Å²) in [5.41, 5.74) is 7.85. The smallest absolute Gasteiger partial charge is 0.0777 e. The predicted octanol–water partition coefficient (Wildman–Crippen LogP) is 2.57. The molecule has 0 aliphatic heterocycles. The number of hydrogen-bond donors (Lipinski definition) is 3. The van der Waals surface area contributed by atoms with Crippen LogP contribution in [-0.4, -0.2) is 28.6 Å². The van der Waals surface area contributed by atoms with Gasteiger partial charge in [0, 0.05) is 10.9 Å². The molecule has 1 aromatic carbocycles. The highest BCUT2D eigenvalue weighted by Crippen LogP contribution is 2.44. The van der Waals surface area contributed by atoms with Crippen molar-refractivity contribution in [1.82, 2.24) is 4.98 Å². The summed E-state index contributed by atoms with van der Waals surface area (Å²) < 4.78 is 9.99. The number of benzene rings is 1. The molecule has 0 amide bonds. The molecule has 0 aliphatic rings. The zero-order chi connectivity index (χ0) is 11.8. The van der Waals surface area contributed by atoms with E-state index in [9.17, 15) is 4.55 Å². The summed E-state index contributed by atoms with van der Waals surface area (Å²) in [5.74, 6) is 0. The van der Waals surface area contributed by atoms with Crippen LogP contribution in [0.25, 0.3) is 10.9 Å². The van der Waals surface area contributed by atoms with Crippen LogP contribution in [0.4, 0.5) is 0 Å². The first-order valence-corrected chi connectivity index (χ1v) is 7.69. The molecule has 1 aromatic heterocycles. The first kappa shape index (κ1) is 11.5. The van der Waals surface area contributed by atoms with Crippen LogP contribution in [0.5, 0.6) is 0 Å². The minimum absolute atomic E-state index is 0.666. The van der Waals surface area contributed by atoms with Crippen molar-refractivity contribution >= 4 is 21.2 Å². The van der Waals surface area contributed by atoms with E-state index in [1.165, 1.54) is 5.56 Å². The number of nitrogens with one attached hydrogen (secondary N) is 1. The van der Waals surface area contributed by atoms with Crippen LogP contribution < -0.4 is 5.73 Å². The van der Waals surface area contributed by atoms with E-state index in [2.05, 4.69) is 23.2 Å². The fraction of sp³-hybridized carbons (Fsp3) is 0.333. The molecule has 2 rings (SSSR count). The molecule has 0 radical (unpaired) electrons. The van der Waals surface area contributed by atoms with E-state index in [1.54, 1.807) is 0 Å². The molecule has 0 saturated heterocycles. The normalized spacial score (nSPS) is 13.2. The molecule has 0 atom stereocenters. The average Bonchev–Trinajstić information content (AvgIpc) is 2.60. The molecular weight excluding hydrogens is 220 g/mol. The van der Waals surface area contributed by atoms with Crippen molar-refractivity contribution in [3.05, 3.63) is 29.8 Å². The van der Waals surface area contributed by atoms with Crippen LogP contribution in [0, 0.1) is 0 Å². The fourth-order valence-electron chi connectivity index (χ4n) is 1.75. The van der Waals surface area contributed by atoms with Gasteiger partial charge in [-0.1, -0.05) is 6.07 Å². The second-order valence-electron chi connectivity index (χ2n) is 4.37. The Bertz CT molecular complexity index is 499. The zero-order valence-corrected chi connectivity index (χ0v) is 10.5. The molecule has 2 aromatic rings. The van der Waals surface area contributed by atoms with Crippen LogP contribution in [0.2, 0.25) is 0 Å². The first-order valence-electron chi connectivity index (χ1n) is 5.28. The highest BCUT2D eigenvalue weighted by Gasteiger charge is 2.13. The number of nitrogens with two attached hydrogens (primary N) is 1. The van der Waals surface area contributed by atoms with Gasteiger partial charge >= 0.3 is 0 Å². The molecule has 4 heteroatoms. The van der Waals surface area contributed by atoms with Gasteiger partial charge in [0.05, 0.1) is 5.03 Å². The minimum atomic E-state index is -1.67. The second-order valence-corrected chi connectivity index (χ2v) is 7.35. The van der Waals surface area contributed by atoms with Crippen molar-refractivity contribution < 1.29 is 4.55 Å². The van der Waals surface area contributed by atoms with E-state index in [0.29, 0.717) is 6.54 Å². The lowest BCUT2D eigenvalue weighted by Crippen LogP contribution is -2.02. The third-order valence-electron chi connectivity index (χ3n) is 2.63. The maximum absolute atomic E-state index is 9.99. The number of aromatic amines is 1. The average molecular weight is 238 g/mol. The Kier molecular flexibility index (Phi) is 2.97. The van der Waals surface area contributed by atoms with Gasteiger partial charge < -0.3 is 15.3 Å². The lowest BCUT2D eigenvalue weighted by molar-refractivity contribution is 0.634. The van der Waals surface area contributed by atoms with Gasteiger partial charge in [-0.3, -0.25) is 0 Å².